The molecule has 1 atom stereocenters. The zero-order chi connectivity index (χ0) is 24.3. The van der Waals surface area contributed by atoms with Crippen LogP contribution in [0.1, 0.15) is 36.8 Å². The van der Waals surface area contributed by atoms with Gasteiger partial charge in [0.25, 0.3) is 5.56 Å². The number of amides is 1. The van der Waals surface area contributed by atoms with Crippen LogP contribution in [0, 0.1) is 12.8 Å². The van der Waals surface area contributed by atoms with E-state index in [1.165, 1.54) is 23.1 Å². The van der Waals surface area contributed by atoms with Gasteiger partial charge in [-0.2, -0.15) is 0 Å². The van der Waals surface area contributed by atoms with E-state index in [1.807, 2.05) is 0 Å². The van der Waals surface area contributed by atoms with Crippen LogP contribution in [-0.4, -0.2) is 37.1 Å². The third-order valence-electron chi connectivity index (χ3n) is 5.73. The van der Waals surface area contributed by atoms with Crippen LogP contribution in [0.5, 0.6) is 0 Å². The summed E-state index contributed by atoms with van der Waals surface area (Å²) < 4.78 is 38.1. The lowest BCUT2D eigenvalue weighted by atomic mass is 9.91. The molecular weight excluding hydrogens is 502 g/mol. The number of pyridine rings is 1. The molecule has 0 bridgehead atoms. The van der Waals surface area contributed by atoms with Gasteiger partial charge in [-0.05, 0) is 50.3 Å². The molecular formula is C22H24ClN3O6S2. The minimum absolute atomic E-state index is 0.112. The molecule has 0 saturated carbocycles. The summed E-state index contributed by atoms with van der Waals surface area (Å²) in [6.07, 6.45) is 4.79. The monoisotopic (exact) mass is 525 g/mol. The fourth-order valence-corrected chi connectivity index (χ4v) is 6.21. The number of thiazole rings is 1. The van der Waals surface area contributed by atoms with E-state index in [0.717, 1.165) is 30.2 Å². The third-order valence-corrected chi connectivity index (χ3v) is 8.37. The van der Waals surface area contributed by atoms with Crippen LogP contribution >= 0.6 is 22.9 Å². The Hall–Kier alpha value is -2.47. The number of hydrogen-bond donors (Lipinski definition) is 1. The Kier molecular flexibility index (Phi) is 7.56. The second kappa shape index (κ2) is 10.4. The smallest absolute Gasteiger partial charge is 0.252 e. The van der Waals surface area contributed by atoms with Crippen molar-refractivity contribution < 1.29 is 22.4 Å². The Bertz CT molecular complexity index is 1310. The van der Waals surface area contributed by atoms with E-state index in [9.17, 15) is 18.0 Å². The van der Waals surface area contributed by atoms with Gasteiger partial charge in [-0.3, -0.25) is 9.59 Å². The molecule has 1 unspecified atom stereocenters. The summed E-state index contributed by atoms with van der Waals surface area (Å²) in [7, 11) is -3.81. The quantitative estimate of drug-likeness (QED) is 0.474. The molecule has 1 aliphatic rings. The fourth-order valence-electron chi connectivity index (χ4n) is 4.05. The number of ether oxygens (including phenoxy) is 1. The van der Waals surface area contributed by atoms with Crippen molar-refractivity contribution >= 4 is 43.8 Å². The van der Waals surface area contributed by atoms with Gasteiger partial charge in [0.05, 0.1) is 17.4 Å². The molecule has 4 rings (SSSR count). The number of rotatable bonds is 8. The first-order valence-electron chi connectivity index (χ1n) is 10.7. The zero-order valence-electron chi connectivity index (χ0n) is 18.4. The number of nitrogens with one attached hydrogen (secondary N) is 1. The molecule has 0 aliphatic carbocycles. The van der Waals surface area contributed by atoms with E-state index < -0.39 is 27.3 Å². The summed E-state index contributed by atoms with van der Waals surface area (Å²) >= 11 is 7.05. The van der Waals surface area contributed by atoms with E-state index in [-0.39, 0.29) is 22.3 Å². The van der Waals surface area contributed by atoms with E-state index in [0.29, 0.717) is 34.8 Å². The van der Waals surface area contributed by atoms with E-state index in [1.54, 1.807) is 19.1 Å². The van der Waals surface area contributed by atoms with Gasteiger partial charge >= 0.3 is 0 Å². The van der Waals surface area contributed by atoms with Crippen molar-refractivity contribution in [1.82, 2.24) is 9.55 Å². The number of aryl methyl sites for hydroxylation is 1. The van der Waals surface area contributed by atoms with Crippen molar-refractivity contribution in [1.29, 1.82) is 0 Å². The molecule has 3 aromatic rings. The summed E-state index contributed by atoms with van der Waals surface area (Å²) in [5.41, 5.74) is -0.197. The first kappa shape index (κ1) is 24.6. The minimum atomic E-state index is -3.81. The lowest BCUT2D eigenvalue weighted by molar-refractivity contribution is -0.120. The maximum atomic E-state index is 13.3. The number of hydrogen-bond acceptors (Lipinski definition) is 8. The number of aromatic nitrogens is 2. The molecule has 0 spiro atoms. The molecule has 1 saturated heterocycles. The second-order valence-electron chi connectivity index (χ2n) is 8.15. The Labute approximate surface area is 205 Å². The highest BCUT2D eigenvalue weighted by Crippen LogP contribution is 2.29. The third kappa shape index (κ3) is 5.77. The van der Waals surface area contributed by atoms with Crippen molar-refractivity contribution in [2.24, 2.45) is 5.92 Å². The van der Waals surface area contributed by atoms with Gasteiger partial charge in [0.15, 0.2) is 15.0 Å². The van der Waals surface area contributed by atoms with Gasteiger partial charge in [-0.15, -0.1) is 0 Å². The molecule has 0 aromatic carbocycles. The van der Waals surface area contributed by atoms with Crippen LogP contribution in [0.2, 0.25) is 4.34 Å². The topological polar surface area (TPSA) is 121 Å². The Morgan fingerprint density at radius 1 is 1.35 bits per heavy atom. The maximum Gasteiger partial charge on any atom is 0.252 e. The van der Waals surface area contributed by atoms with Gasteiger partial charge in [0.2, 0.25) is 5.91 Å². The number of carbonyl (C=O) groups is 1. The molecule has 1 fully saturated rings. The van der Waals surface area contributed by atoms with Crippen molar-refractivity contribution in [3.63, 3.8) is 0 Å². The van der Waals surface area contributed by atoms with Crippen LogP contribution in [0.15, 0.2) is 50.8 Å². The minimum Gasteiger partial charge on any atom is -0.468 e. The number of nitrogens with zero attached hydrogens (tertiary/aromatic N) is 2. The van der Waals surface area contributed by atoms with E-state index >= 15 is 0 Å². The molecule has 1 amide bonds. The molecule has 1 aliphatic heterocycles. The Morgan fingerprint density at radius 2 is 2.12 bits per heavy atom. The van der Waals surface area contributed by atoms with Crippen molar-refractivity contribution in [3.8, 4) is 0 Å². The molecule has 1 N–H and O–H groups in total. The Morgan fingerprint density at radius 3 is 2.74 bits per heavy atom. The Balaban J connectivity index is 1.66. The summed E-state index contributed by atoms with van der Waals surface area (Å²) in [5.74, 6) is -0.313. The molecule has 3 aromatic heterocycles. The van der Waals surface area contributed by atoms with Gasteiger partial charge < -0.3 is 19.0 Å². The standard InChI is InChI=1S/C22H24ClN3O6S2/c1-14-9-17(34(29,30)13-16-3-2-6-32-16)11-20(27)26(14)18(10-15-4-7-31-8-5-15)21(28)25-22-24-12-19(23)33-22/h2-3,6,9,11-12,15,18H,4-5,7-8,10,13H2,1H3,(H,24,25,28). The van der Waals surface area contributed by atoms with Gasteiger partial charge in [0, 0.05) is 25.0 Å². The molecule has 12 heteroatoms. The first-order chi connectivity index (χ1) is 16.2. The van der Waals surface area contributed by atoms with Gasteiger partial charge in [0.1, 0.15) is 21.9 Å². The number of sulfone groups is 1. The SMILES string of the molecule is Cc1cc(S(=O)(=O)Cc2ccco2)cc(=O)n1C(CC1CCOCC1)C(=O)Nc1ncc(Cl)s1. The summed E-state index contributed by atoms with van der Waals surface area (Å²) in [4.78, 5) is 30.4. The van der Waals surface area contributed by atoms with Gasteiger partial charge in [-0.25, -0.2) is 13.4 Å². The van der Waals surface area contributed by atoms with Crippen LogP contribution in [0.4, 0.5) is 5.13 Å². The van der Waals surface area contributed by atoms with Gasteiger partial charge in [-0.1, -0.05) is 22.9 Å². The highest BCUT2D eigenvalue weighted by molar-refractivity contribution is 7.90. The summed E-state index contributed by atoms with van der Waals surface area (Å²) in [6, 6.07) is 4.80. The molecule has 9 nitrogen and oxygen atoms in total. The lowest BCUT2D eigenvalue weighted by Gasteiger charge is -2.28. The summed E-state index contributed by atoms with van der Waals surface area (Å²) in [5, 5.41) is 3.07. The first-order valence-corrected chi connectivity index (χ1v) is 13.6. The average Bonchev–Trinajstić information content (AvgIpc) is 3.44. The molecule has 4 heterocycles. The maximum absolute atomic E-state index is 13.3. The number of anilines is 1. The van der Waals surface area contributed by atoms with Crippen molar-refractivity contribution in [2.75, 3.05) is 18.5 Å². The number of halogens is 1. The predicted octanol–water partition coefficient (Wildman–Crippen LogP) is 3.83. The van der Waals surface area contributed by atoms with Crippen molar-refractivity contribution in [2.45, 2.75) is 42.9 Å². The van der Waals surface area contributed by atoms with E-state index in [2.05, 4.69) is 10.3 Å². The largest absolute Gasteiger partial charge is 0.468 e. The normalized spacial score (nSPS) is 15.8. The molecule has 0 radical (unpaired) electrons. The second-order valence-corrected chi connectivity index (χ2v) is 11.8. The van der Waals surface area contributed by atoms with Crippen LogP contribution in [0.25, 0.3) is 0 Å². The molecule has 182 valence electrons. The fraction of sp³-hybridized carbons (Fsp3) is 0.409. The molecule has 34 heavy (non-hydrogen) atoms. The van der Waals surface area contributed by atoms with Crippen LogP contribution in [0.3, 0.4) is 0 Å². The predicted molar refractivity (Wildman–Crippen MR) is 128 cm³/mol. The van der Waals surface area contributed by atoms with Crippen LogP contribution < -0.4 is 10.9 Å². The van der Waals surface area contributed by atoms with Crippen molar-refractivity contribution in [3.05, 3.63) is 62.9 Å². The highest BCUT2D eigenvalue weighted by Gasteiger charge is 2.30. The zero-order valence-corrected chi connectivity index (χ0v) is 20.8. The number of carbonyl (C=O) groups excluding carboxylic acids is 1. The highest BCUT2D eigenvalue weighted by atomic mass is 35.5. The average molecular weight is 526 g/mol. The number of furan rings is 1. The summed E-state index contributed by atoms with van der Waals surface area (Å²) in [6.45, 7) is 2.82. The lowest BCUT2D eigenvalue weighted by Crippen LogP contribution is -2.37. The van der Waals surface area contributed by atoms with Crippen LogP contribution in [-0.2, 0) is 25.1 Å². The van der Waals surface area contributed by atoms with E-state index in [4.69, 9.17) is 20.8 Å².